The first-order valence-electron chi connectivity index (χ1n) is 7.86. The van der Waals surface area contributed by atoms with E-state index in [0.29, 0.717) is 18.5 Å². The molecule has 2 fully saturated rings. The Morgan fingerprint density at radius 3 is 2.08 bits per heavy atom. The lowest BCUT2D eigenvalue weighted by atomic mass is 9.81. The fourth-order valence-electron chi connectivity index (χ4n) is 3.30. The molecule has 1 aromatic rings. The molecule has 5 nitrogen and oxygen atoms in total. The molecule has 4 atom stereocenters. The van der Waals surface area contributed by atoms with Crippen molar-refractivity contribution in [1.82, 2.24) is 4.90 Å². The summed E-state index contributed by atoms with van der Waals surface area (Å²) in [6.45, 7) is 1.74. The molecule has 1 saturated carbocycles. The second kappa shape index (κ2) is 6.96. The second-order valence-corrected chi connectivity index (χ2v) is 8.75. The Bertz CT molecular complexity index is 649. The molecule has 0 bridgehead atoms. The summed E-state index contributed by atoms with van der Waals surface area (Å²) in [6.07, 6.45) is 1.22. The normalized spacial score (nSPS) is 29.5. The van der Waals surface area contributed by atoms with E-state index in [1.165, 1.54) is 0 Å². The number of hydrogen-bond acceptors (Lipinski definition) is 3. The molecule has 3 amide bonds. The molecule has 1 heterocycles. The number of likely N-dealkylation sites (tertiary alicyclic amines) is 1. The minimum atomic E-state index is -0.356. The number of anilines is 1. The minimum Gasteiger partial charge on any atom is -0.325 e. The van der Waals surface area contributed by atoms with E-state index >= 15 is 0 Å². The average molecular weight is 458 g/mol. The van der Waals surface area contributed by atoms with Crippen LogP contribution < -0.4 is 5.32 Å². The summed E-state index contributed by atoms with van der Waals surface area (Å²) in [5.74, 6) is -1.45. The van der Waals surface area contributed by atoms with E-state index in [0.717, 1.165) is 10.5 Å². The number of rotatable bonds is 3. The number of benzene rings is 1. The highest BCUT2D eigenvalue weighted by Crippen LogP contribution is 2.43. The van der Waals surface area contributed by atoms with Crippen LogP contribution in [0.1, 0.15) is 18.4 Å². The smallest absolute Gasteiger partial charge is 0.244 e. The van der Waals surface area contributed by atoms with Crippen molar-refractivity contribution >= 4 is 55.3 Å². The van der Waals surface area contributed by atoms with Crippen LogP contribution in [-0.4, -0.2) is 38.8 Å². The van der Waals surface area contributed by atoms with Crippen molar-refractivity contribution in [3.8, 4) is 0 Å². The Labute approximate surface area is 157 Å². The standard InChI is InChI=1S/C17H18Br2N2O3/c1-9-2-4-10(5-3-9)20-15(22)8-21-16(23)11-6-13(18)14(19)7-12(11)17(21)24/h2-5,11-14H,6-8H2,1H3,(H,20,22)/t11-,12+,13+,14-. The number of nitrogens with zero attached hydrogens (tertiary/aromatic N) is 1. The van der Waals surface area contributed by atoms with Gasteiger partial charge in [0.2, 0.25) is 17.7 Å². The Kier molecular flexibility index (Phi) is 5.11. The number of halogens is 2. The third-order valence-electron chi connectivity index (χ3n) is 4.64. The van der Waals surface area contributed by atoms with Crippen LogP contribution in [0.2, 0.25) is 0 Å². The van der Waals surface area contributed by atoms with Crippen molar-refractivity contribution in [2.24, 2.45) is 11.8 Å². The summed E-state index contributed by atoms with van der Waals surface area (Å²) in [5.41, 5.74) is 1.75. The second-order valence-electron chi connectivity index (χ2n) is 6.39. The van der Waals surface area contributed by atoms with Crippen molar-refractivity contribution in [3.63, 3.8) is 0 Å². The molecule has 128 valence electrons. The van der Waals surface area contributed by atoms with E-state index in [9.17, 15) is 14.4 Å². The van der Waals surface area contributed by atoms with Gasteiger partial charge in [0.25, 0.3) is 0 Å². The summed E-state index contributed by atoms with van der Waals surface area (Å²) in [6, 6.07) is 7.38. The van der Waals surface area contributed by atoms with E-state index in [-0.39, 0.29) is 45.8 Å². The summed E-state index contributed by atoms with van der Waals surface area (Å²) in [5, 5.41) is 2.73. The topological polar surface area (TPSA) is 66.5 Å². The van der Waals surface area contributed by atoms with E-state index in [1.807, 2.05) is 19.1 Å². The maximum atomic E-state index is 12.5. The van der Waals surface area contributed by atoms with E-state index in [1.54, 1.807) is 12.1 Å². The van der Waals surface area contributed by atoms with Gasteiger partial charge in [0, 0.05) is 15.3 Å². The maximum absolute atomic E-state index is 12.5. The van der Waals surface area contributed by atoms with Gasteiger partial charge in [-0.2, -0.15) is 0 Å². The summed E-state index contributed by atoms with van der Waals surface area (Å²) in [4.78, 5) is 38.7. The van der Waals surface area contributed by atoms with Crippen LogP contribution in [0.4, 0.5) is 5.69 Å². The molecule has 0 spiro atoms. The van der Waals surface area contributed by atoms with Crippen LogP contribution in [0.5, 0.6) is 0 Å². The number of hydrogen-bond donors (Lipinski definition) is 1. The molecule has 1 N–H and O–H groups in total. The first-order chi connectivity index (χ1) is 11.4. The third kappa shape index (κ3) is 3.42. The number of nitrogens with one attached hydrogen (secondary N) is 1. The quantitative estimate of drug-likeness (QED) is 0.560. The number of imide groups is 1. The Morgan fingerprint density at radius 1 is 1.08 bits per heavy atom. The molecular formula is C17H18Br2N2O3. The molecule has 0 unspecified atom stereocenters. The molecule has 2 aliphatic rings. The van der Waals surface area contributed by atoms with Crippen LogP contribution in [0.15, 0.2) is 24.3 Å². The van der Waals surface area contributed by atoms with Crippen LogP contribution >= 0.6 is 31.9 Å². The lowest BCUT2D eigenvalue weighted by Crippen LogP contribution is -2.38. The predicted octanol–water partition coefficient (Wildman–Crippen LogP) is 2.86. The van der Waals surface area contributed by atoms with Gasteiger partial charge in [-0.15, -0.1) is 0 Å². The molecule has 7 heteroatoms. The number of carbonyl (C=O) groups is 3. The van der Waals surface area contributed by atoms with Gasteiger partial charge in [-0.05, 0) is 31.9 Å². The predicted molar refractivity (Wildman–Crippen MR) is 98.2 cm³/mol. The molecule has 0 radical (unpaired) electrons. The summed E-state index contributed by atoms with van der Waals surface area (Å²) >= 11 is 7.10. The van der Waals surface area contributed by atoms with Gasteiger partial charge in [0.05, 0.1) is 11.8 Å². The lowest BCUT2D eigenvalue weighted by molar-refractivity contribution is -0.142. The fraction of sp³-hybridized carbons (Fsp3) is 0.471. The van der Waals surface area contributed by atoms with Crippen molar-refractivity contribution in [1.29, 1.82) is 0 Å². The SMILES string of the molecule is Cc1ccc(NC(=O)CN2C(=O)[C@H]3C[C@@H](Br)[C@@H](Br)C[C@H]3C2=O)cc1. The van der Waals surface area contributed by atoms with Crippen LogP contribution in [0.25, 0.3) is 0 Å². The highest BCUT2D eigenvalue weighted by atomic mass is 79.9. The first-order valence-corrected chi connectivity index (χ1v) is 9.70. The Balaban J connectivity index is 1.66. The van der Waals surface area contributed by atoms with E-state index in [4.69, 9.17) is 0 Å². The van der Waals surface area contributed by atoms with Gasteiger partial charge in [0.15, 0.2) is 0 Å². The molecule has 24 heavy (non-hydrogen) atoms. The maximum Gasteiger partial charge on any atom is 0.244 e. The highest BCUT2D eigenvalue weighted by Gasteiger charge is 2.52. The molecule has 1 saturated heterocycles. The zero-order chi connectivity index (χ0) is 17.4. The minimum absolute atomic E-state index is 0.164. The zero-order valence-electron chi connectivity index (χ0n) is 13.2. The fourth-order valence-corrected chi connectivity index (χ4v) is 4.54. The molecule has 1 aliphatic carbocycles. The van der Waals surface area contributed by atoms with Crippen molar-refractivity contribution in [2.45, 2.75) is 29.4 Å². The number of fused-ring (bicyclic) bond motifs is 1. The number of aryl methyl sites for hydroxylation is 1. The number of amides is 3. The molecule has 3 rings (SSSR count). The summed E-state index contributed by atoms with van der Waals surface area (Å²) in [7, 11) is 0. The van der Waals surface area contributed by atoms with Crippen molar-refractivity contribution in [3.05, 3.63) is 29.8 Å². The van der Waals surface area contributed by atoms with Gasteiger partial charge in [0.1, 0.15) is 6.54 Å². The molecule has 1 aromatic carbocycles. The largest absolute Gasteiger partial charge is 0.325 e. The van der Waals surface area contributed by atoms with Crippen LogP contribution in [0.3, 0.4) is 0 Å². The number of alkyl halides is 2. The molecule has 1 aliphatic heterocycles. The first kappa shape index (κ1) is 17.6. The third-order valence-corrected chi connectivity index (χ3v) is 7.37. The highest BCUT2D eigenvalue weighted by molar-refractivity contribution is 9.12. The van der Waals surface area contributed by atoms with Crippen molar-refractivity contribution in [2.75, 3.05) is 11.9 Å². The summed E-state index contributed by atoms with van der Waals surface area (Å²) < 4.78 is 0. The lowest BCUT2D eigenvalue weighted by Gasteiger charge is -2.29. The molecule has 0 aromatic heterocycles. The Morgan fingerprint density at radius 2 is 1.58 bits per heavy atom. The monoisotopic (exact) mass is 456 g/mol. The van der Waals surface area contributed by atoms with Gasteiger partial charge in [-0.1, -0.05) is 49.6 Å². The van der Waals surface area contributed by atoms with Gasteiger partial charge >= 0.3 is 0 Å². The van der Waals surface area contributed by atoms with Gasteiger partial charge in [-0.3, -0.25) is 19.3 Å². The van der Waals surface area contributed by atoms with Crippen LogP contribution in [-0.2, 0) is 14.4 Å². The van der Waals surface area contributed by atoms with Gasteiger partial charge < -0.3 is 5.32 Å². The molecular weight excluding hydrogens is 440 g/mol. The average Bonchev–Trinajstić information content (AvgIpc) is 2.75. The Hall–Kier alpha value is -1.21. The van der Waals surface area contributed by atoms with Crippen LogP contribution in [0, 0.1) is 18.8 Å². The van der Waals surface area contributed by atoms with E-state index < -0.39 is 0 Å². The zero-order valence-corrected chi connectivity index (χ0v) is 16.3. The number of carbonyl (C=O) groups excluding carboxylic acids is 3. The van der Waals surface area contributed by atoms with Gasteiger partial charge in [-0.25, -0.2) is 0 Å². The van der Waals surface area contributed by atoms with Crippen molar-refractivity contribution < 1.29 is 14.4 Å². The van der Waals surface area contributed by atoms with E-state index in [2.05, 4.69) is 37.2 Å².